The number of rotatable bonds is 15. The molecule has 1 heterocycles. The molecule has 2 aliphatic carbocycles. The number of hydrogen-bond acceptors (Lipinski definition) is 6. The lowest BCUT2D eigenvalue weighted by atomic mass is 9.97. The fraction of sp³-hybridized carbons (Fsp3) is 0.571. The number of aliphatic imine (C=N–C) groups is 1. The van der Waals surface area contributed by atoms with Gasteiger partial charge in [-0.3, -0.25) is 9.79 Å². The van der Waals surface area contributed by atoms with E-state index >= 15 is 0 Å². The number of hydrogen-bond donors (Lipinski definition) is 2. The Labute approximate surface area is 210 Å². The van der Waals surface area contributed by atoms with Crippen LogP contribution in [0.15, 0.2) is 64.7 Å². The second-order valence-electron chi connectivity index (χ2n) is 9.17. The standard InChI is InChI=1S/C28H41N3O4/c1-3-34-18-7-8-22-11-13-23(14-12-22)31(2)24-9-6-10-25(20-24)35-19-5-4-16-30-27-21-29-17-15-26(27)28(32)33/h10-13,15,17,20-21,23,26-27,30H,3-9,14,16,18-19H2,1-2H3,(H,32,33). The predicted octanol–water partition coefficient (Wildman–Crippen LogP) is 4.61. The molecule has 0 saturated carbocycles. The summed E-state index contributed by atoms with van der Waals surface area (Å²) >= 11 is 0. The Kier molecular flexibility index (Phi) is 11.3. The van der Waals surface area contributed by atoms with Gasteiger partial charge in [0.15, 0.2) is 0 Å². The molecule has 7 heteroatoms. The number of likely N-dealkylation sites (N-methyl/N-ethyl adjacent to an activating group) is 1. The van der Waals surface area contributed by atoms with Crippen molar-refractivity contribution in [1.82, 2.24) is 10.2 Å². The highest BCUT2D eigenvalue weighted by atomic mass is 16.5. The summed E-state index contributed by atoms with van der Waals surface area (Å²) in [5.74, 6) is -0.436. The first-order valence-corrected chi connectivity index (χ1v) is 13.0. The minimum Gasteiger partial charge on any atom is -0.494 e. The molecule has 3 rings (SSSR count). The Morgan fingerprint density at radius 2 is 2.11 bits per heavy atom. The lowest BCUT2D eigenvalue weighted by molar-refractivity contribution is -0.140. The van der Waals surface area contributed by atoms with Crippen LogP contribution in [-0.4, -0.2) is 67.7 Å². The molecule has 3 unspecified atom stereocenters. The second-order valence-corrected chi connectivity index (χ2v) is 9.17. The molecule has 0 amide bonds. The van der Waals surface area contributed by atoms with Gasteiger partial charge >= 0.3 is 5.97 Å². The summed E-state index contributed by atoms with van der Waals surface area (Å²) in [7, 11) is 2.18. The Hall–Kier alpha value is -2.64. The topological polar surface area (TPSA) is 83.4 Å². The van der Waals surface area contributed by atoms with E-state index in [1.54, 1.807) is 18.5 Å². The third-order valence-corrected chi connectivity index (χ3v) is 6.64. The Bertz CT molecular complexity index is 871. The number of nitrogens with one attached hydrogen (secondary N) is 1. The smallest absolute Gasteiger partial charge is 0.312 e. The van der Waals surface area contributed by atoms with Crippen molar-refractivity contribution in [2.75, 3.05) is 33.4 Å². The van der Waals surface area contributed by atoms with Crippen molar-refractivity contribution in [1.29, 1.82) is 0 Å². The predicted molar refractivity (Wildman–Crippen MR) is 140 cm³/mol. The average Bonchev–Trinajstić information content (AvgIpc) is 2.89. The normalized spacial score (nSPS) is 23.5. The third kappa shape index (κ3) is 8.82. The third-order valence-electron chi connectivity index (χ3n) is 6.64. The molecule has 0 aromatic rings. The molecule has 35 heavy (non-hydrogen) atoms. The van der Waals surface area contributed by atoms with Crippen molar-refractivity contribution in [3.63, 3.8) is 0 Å². The molecule has 7 nitrogen and oxygen atoms in total. The Morgan fingerprint density at radius 3 is 2.89 bits per heavy atom. The highest BCUT2D eigenvalue weighted by molar-refractivity contribution is 5.81. The Morgan fingerprint density at radius 1 is 1.23 bits per heavy atom. The molecular weight excluding hydrogens is 442 g/mol. The fourth-order valence-electron chi connectivity index (χ4n) is 4.50. The zero-order chi connectivity index (χ0) is 24.9. The summed E-state index contributed by atoms with van der Waals surface area (Å²) in [5.41, 5.74) is 2.73. The lowest BCUT2D eigenvalue weighted by Gasteiger charge is -2.32. The van der Waals surface area contributed by atoms with Crippen molar-refractivity contribution in [3.05, 3.63) is 59.7 Å². The number of allylic oxidation sites excluding steroid dienone is 5. The van der Waals surface area contributed by atoms with Crippen LogP contribution < -0.4 is 5.32 Å². The number of carbonyl (C=O) groups is 1. The van der Waals surface area contributed by atoms with Crippen LogP contribution in [0.1, 0.15) is 51.9 Å². The van der Waals surface area contributed by atoms with Gasteiger partial charge in [0.2, 0.25) is 0 Å². The molecule has 0 bridgehead atoms. The first-order chi connectivity index (χ1) is 17.1. The first kappa shape index (κ1) is 27.0. The van der Waals surface area contributed by atoms with Gasteiger partial charge in [-0.05, 0) is 70.6 Å². The van der Waals surface area contributed by atoms with E-state index in [-0.39, 0.29) is 6.04 Å². The van der Waals surface area contributed by atoms with Crippen molar-refractivity contribution >= 4 is 12.2 Å². The largest absolute Gasteiger partial charge is 0.494 e. The van der Waals surface area contributed by atoms with Gasteiger partial charge in [-0.2, -0.15) is 0 Å². The lowest BCUT2D eigenvalue weighted by Crippen LogP contribution is -2.42. The number of aliphatic carboxylic acids is 1. The summed E-state index contributed by atoms with van der Waals surface area (Å²) in [4.78, 5) is 17.8. The van der Waals surface area contributed by atoms with E-state index in [2.05, 4.69) is 52.6 Å². The van der Waals surface area contributed by atoms with Crippen LogP contribution in [-0.2, 0) is 14.3 Å². The number of nitrogens with zero attached hydrogens (tertiary/aromatic N) is 2. The molecule has 0 fully saturated rings. The van der Waals surface area contributed by atoms with Crippen LogP contribution in [0.2, 0.25) is 0 Å². The van der Waals surface area contributed by atoms with Gasteiger partial charge in [0.25, 0.3) is 0 Å². The molecule has 192 valence electrons. The van der Waals surface area contributed by atoms with E-state index in [0.29, 0.717) is 12.6 Å². The van der Waals surface area contributed by atoms with E-state index in [1.165, 1.54) is 11.3 Å². The molecule has 0 radical (unpaired) electrons. The maximum absolute atomic E-state index is 11.3. The monoisotopic (exact) mass is 483 g/mol. The second kappa shape index (κ2) is 14.7. The van der Waals surface area contributed by atoms with Gasteiger partial charge < -0.3 is 24.8 Å². The van der Waals surface area contributed by atoms with Crippen LogP contribution in [0.5, 0.6) is 0 Å². The number of unbranched alkanes of at least 4 members (excludes halogenated alkanes) is 1. The van der Waals surface area contributed by atoms with Crippen LogP contribution in [0.25, 0.3) is 0 Å². The van der Waals surface area contributed by atoms with Crippen LogP contribution in [0.3, 0.4) is 0 Å². The molecule has 3 atom stereocenters. The molecule has 0 spiro atoms. The van der Waals surface area contributed by atoms with E-state index in [9.17, 15) is 9.90 Å². The molecule has 2 N–H and O–H groups in total. The molecular formula is C28H41N3O4. The van der Waals surface area contributed by atoms with Crippen LogP contribution >= 0.6 is 0 Å². The molecule has 0 aromatic carbocycles. The SMILES string of the molecule is CCOCCCC1=CCC(N(C)C2=CC(OCCCCNC3C=NC=CC3C(=O)O)=CCC2)C=C1. The van der Waals surface area contributed by atoms with Gasteiger partial charge in [-0.1, -0.05) is 29.9 Å². The van der Waals surface area contributed by atoms with Gasteiger partial charge in [0, 0.05) is 38.4 Å². The van der Waals surface area contributed by atoms with Crippen LogP contribution in [0.4, 0.5) is 0 Å². The highest BCUT2D eigenvalue weighted by Gasteiger charge is 2.25. The van der Waals surface area contributed by atoms with Gasteiger partial charge in [-0.25, -0.2) is 0 Å². The van der Waals surface area contributed by atoms with E-state index in [1.807, 2.05) is 6.92 Å². The maximum Gasteiger partial charge on any atom is 0.312 e. The van der Waals surface area contributed by atoms with Crippen molar-refractivity contribution < 1.29 is 19.4 Å². The highest BCUT2D eigenvalue weighted by Crippen LogP contribution is 2.26. The fourth-order valence-corrected chi connectivity index (χ4v) is 4.50. The van der Waals surface area contributed by atoms with E-state index in [0.717, 1.165) is 70.5 Å². The zero-order valence-electron chi connectivity index (χ0n) is 21.2. The molecule has 0 aromatic heterocycles. The van der Waals surface area contributed by atoms with Gasteiger partial charge in [0.05, 0.1) is 24.6 Å². The number of ether oxygens (including phenoxy) is 2. The number of carboxylic acids is 1. The summed E-state index contributed by atoms with van der Waals surface area (Å²) in [6.45, 7) is 5.05. The molecule has 3 aliphatic rings. The maximum atomic E-state index is 11.3. The summed E-state index contributed by atoms with van der Waals surface area (Å²) in [6, 6.07) is 0.130. The zero-order valence-corrected chi connectivity index (χ0v) is 21.2. The van der Waals surface area contributed by atoms with Crippen molar-refractivity contribution in [3.8, 4) is 0 Å². The quantitative estimate of drug-likeness (QED) is 0.331. The summed E-state index contributed by atoms with van der Waals surface area (Å²) < 4.78 is 11.5. The Balaban J connectivity index is 1.34. The molecule has 0 saturated heterocycles. The summed E-state index contributed by atoms with van der Waals surface area (Å²) in [5, 5.41) is 12.6. The van der Waals surface area contributed by atoms with Crippen molar-refractivity contribution in [2.24, 2.45) is 10.9 Å². The van der Waals surface area contributed by atoms with Crippen LogP contribution in [0, 0.1) is 5.92 Å². The summed E-state index contributed by atoms with van der Waals surface area (Å²) in [6.07, 6.45) is 23.2. The minimum atomic E-state index is -0.831. The van der Waals surface area contributed by atoms with Gasteiger partial charge in [0.1, 0.15) is 5.76 Å². The molecule has 1 aliphatic heterocycles. The minimum absolute atomic E-state index is 0.254. The van der Waals surface area contributed by atoms with Gasteiger partial charge in [-0.15, -0.1) is 0 Å². The van der Waals surface area contributed by atoms with E-state index in [4.69, 9.17) is 9.47 Å². The first-order valence-electron chi connectivity index (χ1n) is 13.0. The van der Waals surface area contributed by atoms with Crippen molar-refractivity contribution in [2.45, 2.75) is 64.0 Å². The average molecular weight is 484 g/mol. The van der Waals surface area contributed by atoms with E-state index < -0.39 is 11.9 Å². The number of carboxylic acid groups (broad SMARTS) is 1.